The molecule has 0 bridgehead atoms. The van der Waals surface area contributed by atoms with Gasteiger partial charge >= 0.3 is 13.8 Å². The van der Waals surface area contributed by atoms with E-state index in [2.05, 4.69) is 62.5 Å². The van der Waals surface area contributed by atoms with Crippen molar-refractivity contribution < 1.29 is 37.3 Å². The maximum atomic E-state index is 13.6. The molecule has 0 rings (SSSR count). The molecule has 3 unspecified atom stereocenters. The van der Waals surface area contributed by atoms with E-state index in [0.717, 1.165) is 70.6 Å². The molecule has 0 aromatic carbocycles. The predicted molar refractivity (Wildman–Crippen MR) is 351 cm³/mol. The van der Waals surface area contributed by atoms with Gasteiger partial charge in [-0.3, -0.25) is 18.6 Å². The van der Waals surface area contributed by atoms with Crippen LogP contribution in [0.3, 0.4) is 0 Å². The second-order valence-corrected chi connectivity index (χ2v) is 26.5. The summed E-state index contributed by atoms with van der Waals surface area (Å²) in [6, 6.07) is -0.849. The van der Waals surface area contributed by atoms with Crippen molar-refractivity contribution in [2.24, 2.45) is 0 Å². The number of carbonyl (C=O) groups is 2. The van der Waals surface area contributed by atoms with Crippen LogP contribution in [0.5, 0.6) is 0 Å². The van der Waals surface area contributed by atoms with E-state index in [1.54, 1.807) is 0 Å². The SMILES string of the molecule is CCCCC/C=C\C/C=C\CCCCCCCCCCCCCCCCCCCC(=O)OC(/C=C\CCCCCCCCCCCCC)C(COP(=O)(O)OCC[N+](C)(C)C)NC(=O)CCCCCCCCC/C=C\CCCCCC. The second kappa shape index (κ2) is 61.1. The molecule has 0 spiro atoms. The largest absolute Gasteiger partial charge is 0.472 e. The minimum atomic E-state index is -4.45. The molecule has 81 heavy (non-hydrogen) atoms. The van der Waals surface area contributed by atoms with Crippen LogP contribution in [0.2, 0.25) is 0 Å². The zero-order valence-corrected chi connectivity index (χ0v) is 55.4. The molecule has 0 heterocycles. The first-order chi connectivity index (χ1) is 39.4. The van der Waals surface area contributed by atoms with E-state index in [1.807, 2.05) is 33.3 Å². The third kappa shape index (κ3) is 62.3. The highest BCUT2D eigenvalue weighted by Gasteiger charge is 2.30. The molecule has 10 heteroatoms. The van der Waals surface area contributed by atoms with Gasteiger partial charge in [0.1, 0.15) is 19.3 Å². The lowest BCUT2D eigenvalue weighted by Gasteiger charge is -2.27. The molecule has 2 N–H and O–H groups in total. The Balaban J connectivity index is 5.02. The van der Waals surface area contributed by atoms with Crippen molar-refractivity contribution in [2.75, 3.05) is 40.9 Å². The van der Waals surface area contributed by atoms with Crippen molar-refractivity contribution in [1.29, 1.82) is 0 Å². The number of likely N-dealkylation sites (N-methyl/N-ethyl adjacent to an activating group) is 1. The summed E-state index contributed by atoms with van der Waals surface area (Å²) in [5.41, 5.74) is 0. The topological polar surface area (TPSA) is 111 Å². The summed E-state index contributed by atoms with van der Waals surface area (Å²) in [7, 11) is 1.51. The van der Waals surface area contributed by atoms with Crippen molar-refractivity contribution in [2.45, 2.75) is 354 Å². The number of unbranched alkanes of at least 4 members (excludes halogenated alkanes) is 42. The molecule has 0 aliphatic rings. The number of amides is 1. The first-order valence-corrected chi connectivity index (χ1v) is 36.5. The Morgan fingerprint density at radius 2 is 0.753 bits per heavy atom. The number of phosphoric acid groups is 1. The molecule has 0 aromatic rings. The van der Waals surface area contributed by atoms with Crippen LogP contribution in [-0.4, -0.2) is 74.3 Å². The van der Waals surface area contributed by atoms with Crippen molar-refractivity contribution in [3.05, 3.63) is 48.6 Å². The third-order valence-electron chi connectivity index (χ3n) is 15.7. The van der Waals surface area contributed by atoms with Gasteiger partial charge in [0.15, 0.2) is 0 Å². The third-order valence-corrected chi connectivity index (χ3v) is 16.7. The molecule has 0 fully saturated rings. The maximum Gasteiger partial charge on any atom is 0.472 e. The van der Waals surface area contributed by atoms with Gasteiger partial charge in [-0.2, -0.15) is 0 Å². The molecule has 0 saturated carbocycles. The van der Waals surface area contributed by atoms with E-state index in [4.69, 9.17) is 13.8 Å². The number of hydrogen-bond donors (Lipinski definition) is 2. The zero-order chi connectivity index (χ0) is 59.3. The fraction of sp³-hybridized carbons (Fsp3) is 0.859. The Hall–Kier alpha value is -2.03. The smallest absolute Gasteiger partial charge is 0.456 e. The number of carbonyl (C=O) groups excluding carboxylic acids is 2. The minimum Gasteiger partial charge on any atom is -0.456 e. The average Bonchev–Trinajstić information content (AvgIpc) is 3.44. The van der Waals surface area contributed by atoms with E-state index in [1.165, 1.54) is 238 Å². The van der Waals surface area contributed by atoms with Gasteiger partial charge in [-0.05, 0) is 89.5 Å². The highest BCUT2D eigenvalue weighted by molar-refractivity contribution is 7.47. The van der Waals surface area contributed by atoms with Crippen LogP contribution in [0.15, 0.2) is 48.6 Å². The Morgan fingerprint density at radius 1 is 0.432 bits per heavy atom. The lowest BCUT2D eigenvalue weighted by Crippen LogP contribution is -2.47. The fourth-order valence-electron chi connectivity index (χ4n) is 10.3. The van der Waals surface area contributed by atoms with Crippen LogP contribution < -0.4 is 5.32 Å². The summed E-state index contributed by atoms with van der Waals surface area (Å²) < 4.78 is 30.8. The Labute approximate surface area is 503 Å². The summed E-state index contributed by atoms with van der Waals surface area (Å²) in [5.74, 6) is -0.495. The molecule has 476 valence electrons. The molecule has 1 amide bonds. The minimum absolute atomic E-state index is 0.0410. The number of nitrogens with zero attached hydrogens (tertiary/aromatic N) is 1. The monoisotopic (exact) mass is 1160 g/mol. The molecule has 3 atom stereocenters. The Morgan fingerprint density at radius 3 is 1.16 bits per heavy atom. The lowest BCUT2D eigenvalue weighted by molar-refractivity contribution is -0.870. The van der Waals surface area contributed by atoms with Crippen LogP contribution in [-0.2, 0) is 27.9 Å². The van der Waals surface area contributed by atoms with Gasteiger partial charge < -0.3 is 19.4 Å². The van der Waals surface area contributed by atoms with Gasteiger partial charge in [0, 0.05) is 12.8 Å². The summed E-state index contributed by atoms with van der Waals surface area (Å²) in [4.78, 5) is 37.8. The zero-order valence-electron chi connectivity index (χ0n) is 54.5. The molecular formula is C71H136N2O7P+. The lowest BCUT2D eigenvalue weighted by atomic mass is 10.0. The average molecular weight is 1160 g/mol. The Kier molecular flexibility index (Phi) is 59.5. The number of ether oxygens (including phenoxy) is 1. The van der Waals surface area contributed by atoms with Gasteiger partial charge in [-0.1, -0.05) is 288 Å². The highest BCUT2D eigenvalue weighted by Crippen LogP contribution is 2.43. The second-order valence-electron chi connectivity index (χ2n) is 25.0. The van der Waals surface area contributed by atoms with Crippen LogP contribution in [0.4, 0.5) is 0 Å². The first kappa shape index (κ1) is 79.0. The van der Waals surface area contributed by atoms with Gasteiger partial charge in [0.05, 0.1) is 33.8 Å². The van der Waals surface area contributed by atoms with Crippen molar-refractivity contribution >= 4 is 19.7 Å². The molecule has 0 aromatic heterocycles. The molecule has 0 saturated heterocycles. The summed E-state index contributed by atoms with van der Waals surface area (Å²) in [6.07, 6.45) is 76.9. The van der Waals surface area contributed by atoms with Crippen LogP contribution in [0, 0.1) is 0 Å². The number of allylic oxidation sites excluding steroid dienone is 7. The van der Waals surface area contributed by atoms with Crippen LogP contribution in [0.25, 0.3) is 0 Å². The number of phosphoric ester groups is 1. The first-order valence-electron chi connectivity index (χ1n) is 35.0. The Bertz CT molecular complexity index is 1520. The van der Waals surface area contributed by atoms with Gasteiger partial charge in [0.2, 0.25) is 5.91 Å². The van der Waals surface area contributed by atoms with Gasteiger partial charge in [0.25, 0.3) is 0 Å². The van der Waals surface area contributed by atoms with Gasteiger partial charge in [-0.15, -0.1) is 0 Å². The molecule has 0 aliphatic carbocycles. The van der Waals surface area contributed by atoms with E-state index in [9.17, 15) is 19.0 Å². The number of quaternary nitrogens is 1. The van der Waals surface area contributed by atoms with E-state index in [0.29, 0.717) is 23.9 Å². The van der Waals surface area contributed by atoms with Crippen molar-refractivity contribution in [1.82, 2.24) is 5.32 Å². The van der Waals surface area contributed by atoms with E-state index >= 15 is 0 Å². The quantitative estimate of drug-likeness (QED) is 0.0205. The molecule has 9 nitrogen and oxygen atoms in total. The van der Waals surface area contributed by atoms with Crippen LogP contribution >= 0.6 is 7.82 Å². The molecule has 0 aliphatic heterocycles. The number of hydrogen-bond acceptors (Lipinski definition) is 6. The van der Waals surface area contributed by atoms with E-state index in [-0.39, 0.29) is 25.1 Å². The van der Waals surface area contributed by atoms with Crippen molar-refractivity contribution in [3.8, 4) is 0 Å². The number of esters is 1. The molecular weight excluding hydrogens is 1020 g/mol. The highest BCUT2D eigenvalue weighted by atomic mass is 31.2. The van der Waals surface area contributed by atoms with Crippen LogP contribution in [0.1, 0.15) is 342 Å². The normalized spacial score (nSPS) is 13.8. The predicted octanol–water partition coefficient (Wildman–Crippen LogP) is 22.0. The van der Waals surface area contributed by atoms with E-state index < -0.39 is 20.0 Å². The molecule has 0 radical (unpaired) electrons. The number of rotatable bonds is 64. The summed E-state index contributed by atoms with van der Waals surface area (Å²) in [6.45, 7) is 7.02. The summed E-state index contributed by atoms with van der Waals surface area (Å²) >= 11 is 0. The summed E-state index contributed by atoms with van der Waals surface area (Å²) in [5, 5.41) is 3.07. The maximum absolute atomic E-state index is 13.6. The fourth-order valence-corrected chi connectivity index (χ4v) is 11.1. The van der Waals surface area contributed by atoms with Crippen molar-refractivity contribution in [3.63, 3.8) is 0 Å². The standard InChI is InChI=1S/C71H135N2O7P/c1-7-10-13-16-19-22-25-28-30-31-32-33-34-35-36-37-38-39-40-41-43-46-49-52-55-58-61-64-71(75)80-69(62-59-56-53-50-47-44-27-24-21-18-15-12-9-3)68(67-79-81(76,77)78-66-65-73(4,5)6)72-70(74)63-60-57-54-51-48-45-42-29-26-23-20-17-14-11-8-2/h19,22-23,26,28,30,59,62,68-69H,7-18,20-21,24-25,27,29,31-58,60-61,63-67H2,1-6H3,(H-,72,74,76,77)/p+1/b22-19-,26-23-,30-28-,62-59-. The van der Waals surface area contributed by atoms with Gasteiger partial charge in [-0.25, -0.2) is 4.57 Å². The number of nitrogens with one attached hydrogen (secondary N) is 1.